The van der Waals surface area contributed by atoms with Gasteiger partial charge in [-0.2, -0.15) is 0 Å². The molecular weight excluding hydrogens is 440 g/mol. The van der Waals surface area contributed by atoms with E-state index in [1.165, 1.54) is 17.0 Å². The van der Waals surface area contributed by atoms with Crippen molar-refractivity contribution in [2.24, 2.45) is 11.5 Å². The molecule has 32 heavy (non-hydrogen) atoms. The van der Waals surface area contributed by atoms with E-state index in [1.54, 1.807) is 36.4 Å². The molecule has 2 aromatic rings. The number of primary amides is 1. The maximum atomic E-state index is 12.9. The highest BCUT2D eigenvalue weighted by Gasteiger charge is 2.39. The van der Waals surface area contributed by atoms with Crippen LogP contribution in [-0.2, 0) is 14.3 Å². The molecule has 2 aromatic carbocycles. The number of amides is 4. The molecule has 0 spiro atoms. The second kappa shape index (κ2) is 10.6. The summed E-state index contributed by atoms with van der Waals surface area (Å²) in [5.41, 5.74) is 12.2. The van der Waals surface area contributed by atoms with Crippen LogP contribution in [0.4, 0.5) is 21.9 Å². The highest BCUT2D eigenvalue weighted by molar-refractivity contribution is 6.04. The van der Waals surface area contributed by atoms with Crippen molar-refractivity contribution in [3.63, 3.8) is 0 Å². The van der Waals surface area contributed by atoms with Crippen LogP contribution in [0.1, 0.15) is 5.56 Å². The SMILES string of the molecule is Cl.N=C(N)c1ccc(NC(=O)C(O)[C@H]2OCCN(c3cccc(NC(N)=O)c3)C2=O)cc1. The van der Waals surface area contributed by atoms with Crippen LogP contribution in [0.25, 0.3) is 0 Å². The van der Waals surface area contributed by atoms with Crippen LogP contribution < -0.4 is 27.0 Å². The van der Waals surface area contributed by atoms with E-state index < -0.39 is 30.1 Å². The van der Waals surface area contributed by atoms with E-state index in [4.69, 9.17) is 21.6 Å². The van der Waals surface area contributed by atoms with Crippen LogP contribution in [0.5, 0.6) is 0 Å². The van der Waals surface area contributed by atoms with Crippen LogP contribution in [-0.4, -0.2) is 54.1 Å². The fourth-order valence-corrected chi connectivity index (χ4v) is 3.07. The number of rotatable bonds is 6. The van der Waals surface area contributed by atoms with E-state index in [9.17, 15) is 19.5 Å². The maximum absolute atomic E-state index is 12.9. The summed E-state index contributed by atoms with van der Waals surface area (Å²) in [6, 6.07) is 11.8. The number of ether oxygens (including phenoxy) is 1. The quantitative estimate of drug-likeness (QED) is 0.270. The van der Waals surface area contributed by atoms with Gasteiger partial charge in [0.05, 0.1) is 6.61 Å². The number of hydrogen-bond acceptors (Lipinski definition) is 6. The summed E-state index contributed by atoms with van der Waals surface area (Å²) in [6.07, 6.45) is -3.16. The van der Waals surface area contributed by atoms with Crippen molar-refractivity contribution in [3.8, 4) is 0 Å². The van der Waals surface area contributed by atoms with Gasteiger partial charge >= 0.3 is 6.03 Å². The number of urea groups is 1. The molecule has 1 saturated heterocycles. The Kier molecular flexibility index (Phi) is 8.13. The van der Waals surface area contributed by atoms with Crippen molar-refractivity contribution in [2.45, 2.75) is 12.2 Å². The number of aliphatic hydroxyl groups is 1. The summed E-state index contributed by atoms with van der Waals surface area (Å²) in [7, 11) is 0. The fraction of sp³-hybridized carbons (Fsp3) is 0.200. The number of nitrogens with one attached hydrogen (secondary N) is 3. The molecule has 170 valence electrons. The molecule has 0 aliphatic carbocycles. The molecule has 0 aromatic heterocycles. The first-order valence-electron chi connectivity index (χ1n) is 9.29. The van der Waals surface area contributed by atoms with Crippen LogP contribution >= 0.6 is 12.4 Å². The van der Waals surface area contributed by atoms with Crippen LogP contribution in [0.15, 0.2) is 48.5 Å². The summed E-state index contributed by atoms with van der Waals surface area (Å²) >= 11 is 0. The van der Waals surface area contributed by atoms with Crippen molar-refractivity contribution >= 4 is 53.2 Å². The summed E-state index contributed by atoms with van der Waals surface area (Å²) in [5.74, 6) is -1.54. The number of carbonyl (C=O) groups is 3. The molecule has 3 rings (SSSR count). The van der Waals surface area contributed by atoms with Crippen molar-refractivity contribution in [2.75, 3.05) is 28.7 Å². The minimum absolute atomic E-state index is 0. The van der Waals surface area contributed by atoms with Crippen LogP contribution in [0.3, 0.4) is 0 Å². The number of benzene rings is 2. The number of carbonyl (C=O) groups excluding carboxylic acids is 3. The van der Waals surface area contributed by atoms with Gasteiger partial charge in [0.2, 0.25) is 0 Å². The van der Waals surface area contributed by atoms with Gasteiger partial charge in [-0.3, -0.25) is 15.0 Å². The fourth-order valence-electron chi connectivity index (χ4n) is 3.07. The van der Waals surface area contributed by atoms with E-state index in [0.717, 1.165) is 0 Å². The van der Waals surface area contributed by atoms with Gasteiger partial charge in [-0.1, -0.05) is 6.07 Å². The van der Waals surface area contributed by atoms with Gasteiger partial charge in [-0.15, -0.1) is 12.4 Å². The lowest BCUT2D eigenvalue weighted by Gasteiger charge is -2.34. The number of anilines is 3. The predicted octanol–water partition coefficient (Wildman–Crippen LogP) is 0.614. The number of morpholine rings is 1. The number of aliphatic hydroxyl groups excluding tert-OH is 1. The monoisotopic (exact) mass is 462 g/mol. The summed E-state index contributed by atoms with van der Waals surface area (Å²) in [5, 5.41) is 22.7. The van der Waals surface area contributed by atoms with Gasteiger partial charge in [0, 0.05) is 29.2 Å². The largest absolute Gasteiger partial charge is 0.384 e. The molecule has 11 nitrogen and oxygen atoms in total. The summed E-state index contributed by atoms with van der Waals surface area (Å²) in [6.45, 7) is 0.303. The third-order valence-corrected chi connectivity index (χ3v) is 4.57. The topological polar surface area (TPSA) is 184 Å². The summed E-state index contributed by atoms with van der Waals surface area (Å²) in [4.78, 5) is 37.8. The first-order valence-corrected chi connectivity index (χ1v) is 9.29. The molecule has 2 atom stereocenters. The second-order valence-corrected chi connectivity index (χ2v) is 6.75. The van der Waals surface area contributed by atoms with E-state index in [0.29, 0.717) is 22.6 Å². The Hall–Kier alpha value is -3.67. The normalized spacial score (nSPS) is 16.5. The average molecular weight is 463 g/mol. The third-order valence-electron chi connectivity index (χ3n) is 4.57. The van der Waals surface area contributed by atoms with Gasteiger partial charge in [0.15, 0.2) is 12.2 Å². The highest BCUT2D eigenvalue weighted by Crippen LogP contribution is 2.24. The number of nitrogen functional groups attached to an aromatic ring is 1. The Morgan fingerprint density at radius 3 is 2.44 bits per heavy atom. The lowest BCUT2D eigenvalue weighted by atomic mass is 10.1. The molecule has 1 fully saturated rings. The first kappa shape index (κ1) is 24.6. The molecule has 8 N–H and O–H groups in total. The van der Waals surface area contributed by atoms with Gasteiger partial charge in [-0.25, -0.2) is 4.79 Å². The molecule has 1 aliphatic rings. The third kappa shape index (κ3) is 5.72. The maximum Gasteiger partial charge on any atom is 0.316 e. The molecule has 0 radical (unpaired) electrons. The van der Waals surface area contributed by atoms with Gasteiger partial charge in [-0.05, 0) is 42.5 Å². The van der Waals surface area contributed by atoms with Crippen molar-refractivity contribution in [3.05, 3.63) is 54.1 Å². The Bertz CT molecular complexity index is 1020. The Balaban J connectivity index is 0.00000363. The predicted molar refractivity (Wildman–Crippen MR) is 121 cm³/mol. The minimum Gasteiger partial charge on any atom is -0.384 e. The number of nitrogens with two attached hydrogens (primary N) is 2. The van der Waals surface area contributed by atoms with Gasteiger partial charge < -0.3 is 36.8 Å². The van der Waals surface area contributed by atoms with Crippen molar-refractivity contribution < 1.29 is 24.2 Å². The van der Waals surface area contributed by atoms with E-state index in [1.807, 2.05) is 0 Å². The average Bonchev–Trinajstić information content (AvgIpc) is 2.73. The van der Waals surface area contributed by atoms with E-state index in [-0.39, 0.29) is 31.4 Å². The Morgan fingerprint density at radius 1 is 1.12 bits per heavy atom. The van der Waals surface area contributed by atoms with E-state index in [2.05, 4.69) is 10.6 Å². The smallest absolute Gasteiger partial charge is 0.316 e. The Labute approximate surface area is 189 Å². The molecular formula is C20H23ClN6O5. The van der Waals surface area contributed by atoms with Gasteiger partial charge in [0.25, 0.3) is 11.8 Å². The van der Waals surface area contributed by atoms with E-state index >= 15 is 0 Å². The van der Waals surface area contributed by atoms with Crippen molar-refractivity contribution in [1.29, 1.82) is 5.41 Å². The Morgan fingerprint density at radius 2 is 1.81 bits per heavy atom. The zero-order valence-corrected chi connectivity index (χ0v) is 17.6. The molecule has 1 aliphatic heterocycles. The summed E-state index contributed by atoms with van der Waals surface area (Å²) < 4.78 is 5.37. The van der Waals surface area contributed by atoms with Crippen LogP contribution in [0.2, 0.25) is 0 Å². The molecule has 0 bridgehead atoms. The minimum atomic E-state index is -1.75. The molecule has 1 unspecified atom stereocenters. The number of hydrogen-bond donors (Lipinski definition) is 6. The number of halogens is 1. The first-order chi connectivity index (χ1) is 14.8. The highest BCUT2D eigenvalue weighted by atomic mass is 35.5. The number of nitrogens with zero attached hydrogens (tertiary/aromatic N) is 1. The zero-order chi connectivity index (χ0) is 22.5. The van der Waals surface area contributed by atoms with Crippen LogP contribution in [0, 0.1) is 5.41 Å². The lowest BCUT2D eigenvalue weighted by molar-refractivity contribution is -0.150. The molecule has 1 heterocycles. The van der Waals surface area contributed by atoms with Gasteiger partial charge in [0.1, 0.15) is 5.84 Å². The molecule has 0 saturated carbocycles. The molecule has 12 heteroatoms. The lowest BCUT2D eigenvalue weighted by Crippen LogP contribution is -2.55. The standard InChI is InChI=1S/C20H22N6O5.ClH/c21-17(22)11-4-6-12(7-5-11)24-18(28)15(27)16-19(29)26(8-9-31-16)14-3-1-2-13(10-14)25-20(23)30;/h1-7,10,15-16,27H,8-9H2,(H3,21,22)(H,24,28)(H3,23,25,30);1H/t15?,16-;/m1./s1. The number of amidine groups is 1. The second-order valence-electron chi connectivity index (χ2n) is 6.75. The van der Waals surface area contributed by atoms with Crippen molar-refractivity contribution in [1.82, 2.24) is 0 Å². The zero-order valence-electron chi connectivity index (χ0n) is 16.8. The molecule has 4 amide bonds.